The first-order chi connectivity index (χ1) is 12.6. The summed E-state index contributed by atoms with van der Waals surface area (Å²) < 4.78 is 5.29. The van der Waals surface area contributed by atoms with E-state index in [0.717, 1.165) is 35.2 Å². The third kappa shape index (κ3) is 3.31. The van der Waals surface area contributed by atoms with Crippen molar-refractivity contribution in [1.82, 2.24) is 15.3 Å². The maximum absolute atomic E-state index is 12.5. The first-order valence-corrected chi connectivity index (χ1v) is 9.79. The van der Waals surface area contributed by atoms with Crippen molar-refractivity contribution in [2.75, 3.05) is 0 Å². The number of thiophene rings is 1. The molecule has 1 aliphatic carbocycles. The summed E-state index contributed by atoms with van der Waals surface area (Å²) in [5.41, 5.74) is 1.11. The molecular weight excluding hydrogens is 350 g/mol. The Morgan fingerprint density at radius 1 is 1.42 bits per heavy atom. The zero-order chi connectivity index (χ0) is 18.1. The summed E-state index contributed by atoms with van der Waals surface area (Å²) in [4.78, 5) is 34.2. The minimum Gasteiger partial charge on any atom is -0.467 e. The summed E-state index contributed by atoms with van der Waals surface area (Å²) >= 11 is 1.63. The fraction of sp³-hybridized carbons (Fsp3) is 0.421. The number of H-pyrrole nitrogens is 1. The van der Waals surface area contributed by atoms with Gasteiger partial charge in [0.25, 0.3) is 5.56 Å². The van der Waals surface area contributed by atoms with Gasteiger partial charge in [0.05, 0.1) is 17.7 Å². The fourth-order valence-corrected chi connectivity index (χ4v) is 4.76. The first kappa shape index (κ1) is 17.0. The molecule has 136 valence electrons. The summed E-state index contributed by atoms with van der Waals surface area (Å²) in [5, 5.41) is 3.65. The average molecular weight is 371 g/mol. The Balaban J connectivity index is 1.46. The van der Waals surface area contributed by atoms with Crippen LogP contribution in [0.25, 0.3) is 10.2 Å². The van der Waals surface area contributed by atoms with Gasteiger partial charge in [-0.15, -0.1) is 11.3 Å². The number of carbonyl (C=O) groups is 1. The predicted molar refractivity (Wildman–Crippen MR) is 100 cm³/mol. The molecule has 3 heterocycles. The largest absolute Gasteiger partial charge is 0.467 e. The van der Waals surface area contributed by atoms with Crippen LogP contribution in [0.1, 0.15) is 54.3 Å². The number of hydrogen-bond acceptors (Lipinski definition) is 5. The molecule has 0 aliphatic heterocycles. The van der Waals surface area contributed by atoms with E-state index in [9.17, 15) is 9.59 Å². The number of aromatic amines is 1. The van der Waals surface area contributed by atoms with E-state index in [1.165, 1.54) is 16.9 Å². The van der Waals surface area contributed by atoms with Crippen molar-refractivity contribution in [3.05, 3.63) is 50.8 Å². The van der Waals surface area contributed by atoms with Crippen LogP contribution in [0.2, 0.25) is 0 Å². The maximum Gasteiger partial charge on any atom is 0.259 e. The number of carbonyl (C=O) groups excluding carboxylic acids is 1. The smallest absolute Gasteiger partial charge is 0.259 e. The first-order valence-electron chi connectivity index (χ1n) is 8.98. The van der Waals surface area contributed by atoms with Crippen molar-refractivity contribution in [1.29, 1.82) is 0 Å². The Kier molecular flexibility index (Phi) is 4.63. The van der Waals surface area contributed by atoms with E-state index in [1.54, 1.807) is 23.7 Å². The maximum atomic E-state index is 12.5. The van der Waals surface area contributed by atoms with E-state index in [1.807, 2.05) is 13.0 Å². The number of furan rings is 1. The van der Waals surface area contributed by atoms with Crippen LogP contribution in [0.4, 0.5) is 0 Å². The molecule has 0 saturated carbocycles. The molecule has 0 bridgehead atoms. The third-order valence-corrected chi connectivity index (χ3v) is 6.00. The van der Waals surface area contributed by atoms with Gasteiger partial charge in [0.1, 0.15) is 16.4 Å². The van der Waals surface area contributed by atoms with Crippen LogP contribution in [0.15, 0.2) is 27.6 Å². The van der Waals surface area contributed by atoms with Gasteiger partial charge in [0, 0.05) is 17.7 Å². The predicted octanol–water partition coefficient (Wildman–Crippen LogP) is 3.27. The van der Waals surface area contributed by atoms with Crippen LogP contribution in [0, 0.1) is 0 Å². The van der Waals surface area contributed by atoms with Crippen molar-refractivity contribution < 1.29 is 9.21 Å². The van der Waals surface area contributed by atoms with E-state index < -0.39 is 0 Å². The lowest BCUT2D eigenvalue weighted by Gasteiger charge is -2.11. The van der Waals surface area contributed by atoms with Gasteiger partial charge in [-0.05, 0) is 50.3 Å². The van der Waals surface area contributed by atoms with Crippen LogP contribution in [0.3, 0.4) is 0 Å². The van der Waals surface area contributed by atoms with Crippen molar-refractivity contribution in [3.8, 4) is 0 Å². The van der Waals surface area contributed by atoms with E-state index in [0.29, 0.717) is 12.2 Å². The van der Waals surface area contributed by atoms with Gasteiger partial charge in [-0.2, -0.15) is 0 Å². The van der Waals surface area contributed by atoms with Gasteiger partial charge in [0.2, 0.25) is 5.91 Å². The van der Waals surface area contributed by atoms with Crippen LogP contribution < -0.4 is 10.9 Å². The number of hydrogen-bond donors (Lipinski definition) is 2. The molecule has 4 rings (SSSR count). The highest BCUT2D eigenvalue weighted by atomic mass is 32.1. The van der Waals surface area contributed by atoms with Gasteiger partial charge in [-0.25, -0.2) is 4.98 Å². The van der Waals surface area contributed by atoms with Gasteiger partial charge < -0.3 is 14.7 Å². The third-order valence-electron chi connectivity index (χ3n) is 4.81. The topological polar surface area (TPSA) is 88.0 Å². The van der Waals surface area contributed by atoms with Crippen LogP contribution in [0.5, 0.6) is 0 Å². The number of nitrogens with zero attached hydrogens (tertiary/aromatic N) is 1. The van der Waals surface area contributed by atoms with E-state index >= 15 is 0 Å². The van der Waals surface area contributed by atoms with E-state index in [2.05, 4.69) is 15.3 Å². The normalized spacial score (nSPS) is 15.0. The molecule has 0 radical (unpaired) electrons. The minimum absolute atomic E-state index is 0.0752. The number of fused-ring (bicyclic) bond motifs is 3. The van der Waals surface area contributed by atoms with Gasteiger partial charge >= 0.3 is 0 Å². The average Bonchev–Trinajstić information content (AvgIpc) is 3.27. The molecule has 1 aliphatic rings. The van der Waals surface area contributed by atoms with Gasteiger partial charge in [-0.3, -0.25) is 9.59 Å². The standard InChI is InChI=1S/C19H21N3O3S/c1-11(13-6-4-10-25-13)20-16(23)9-8-15-21-18(24)17-12-5-2-3-7-14(12)26-19(17)22-15/h4,6,10-11H,2-3,5,7-9H2,1H3,(H,20,23)(H,21,22,24)/t11-/m0/s1. The highest BCUT2D eigenvalue weighted by Crippen LogP contribution is 2.33. The summed E-state index contributed by atoms with van der Waals surface area (Å²) in [7, 11) is 0. The van der Waals surface area contributed by atoms with Gasteiger partial charge in [0.15, 0.2) is 0 Å². The second-order valence-corrected chi connectivity index (χ2v) is 7.79. The van der Waals surface area contributed by atoms with Gasteiger partial charge in [-0.1, -0.05) is 0 Å². The summed E-state index contributed by atoms with van der Waals surface area (Å²) in [6.45, 7) is 1.87. The number of aryl methyl sites for hydroxylation is 3. The molecule has 7 heteroatoms. The Bertz CT molecular complexity index is 988. The lowest BCUT2D eigenvalue weighted by Crippen LogP contribution is -2.27. The number of nitrogens with one attached hydrogen (secondary N) is 2. The molecule has 0 aromatic carbocycles. The molecule has 2 N–H and O–H groups in total. The van der Waals surface area contributed by atoms with Crippen LogP contribution >= 0.6 is 11.3 Å². The Hall–Kier alpha value is -2.41. The molecule has 0 spiro atoms. The number of aromatic nitrogens is 2. The second-order valence-electron chi connectivity index (χ2n) is 6.71. The zero-order valence-corrected chi connectivity index (χ0v) is 15.4. The van der Waals surface area contributed by atoms with Crippen molar-refractivity contribution in [2.45, 2.75) is 51.5 Å². The van der Waals surface area contributed by atoms with Crippen molar-refractivity contribution in [3.63, 3.8) is 0 Å². The molecule has 0 unspecified atom stereocenters. The Morgan fingerprint density at radius 2 is 2.27 bits per heavy atom. The molecule has 1 amide bonds. The molecule has 1 atom stereocenters. The van der Waals surface area contributed by atoms with E-state index in [4.69, 9.17) is 4.42 Å². The summed E-state index contributed by atoms with van der Waals surface area (Å²) in [6, 6.07) is 3.44. The number of amides is 1. The lowest BCUT2D eigenvalue weighted by molar-refractivity contribution is -0.121. The Morgan fingerprint density at radius 3 is 3.08 bits per heavy atom. The quantitative estimate of drug-likeness (QED) is 0.720. The lowest BCUT2D eigenvalue weighted by atomic mass is 9.97. The van der Waals surface area contributed by atoms with E-state index in [-0.39, 0.29) is 23.9 Å². The van der Waals surface area contributed by atoms with Crippen LogP contribution in [-0.4, -0.2) is 15.9 Å². The molecule has 26 heavy (non-hydrogen) atoms. The van der Waals surface area contributed by atoms with Crippen LogP contribution in [-0.2, 0) is 24.1 Å². The SMILES string of the molecule is C[C@H](NC(=O)CCc1nc2sc3c(c2c(=O)[nH]1)CCCC3)c1ccco1. The molecule has 3 aromatic rings. The molecular formula is C19H21N3O3S. The highest BCUT2D eigenvalue weighted by molar-refractivity contribution is 7.18. The summed E-state index contributed by atoms with van der Waals surface area (Å²) in [5.74, 6) is 1.19. The number of rotatable bonds is 5. The second kappa shape index (κ2) is 7.07. The Labute approximate surface area is 154 Å². The monoisotopic (exact) mass is 371 g/mol. The molecule has 6 nitrogen and oxygen atoms in total. The minimum atomic E-state index is -0.184. The molecule has 0 fully saturated rings. The van der Waals surface area contributed by atoms with Crippen molar-refractivity contribution >= 4 is 27.5 Å². The molecule has 0 saturated heterocycles. The zero-order valence-electron chi connectivity index (χ0n) is 14.6. The molecule has 3 aromatic heterocycles. The van der Waals surface area contributed by atoms with Crippen molar-refractivity contribution in [2.24, 2.45) is 0 Å². The fourth-order valence-electron chi connectivity index (χ4n) is 3.48. The highest BCUT2D eigenvalue weighted by Gasteiger charge is 2.20. The summed E-state index contributed by atoms with van der Waals surface area (Å²) in [6.07, 6.45) is 6.58.